The fraction of sp³-hybridized carbons (Fsp3) is 0.400. The largest absolute Gasteiger partial charge is 0.497 e. The molecule has 0 saturated carbocycles. The Balaban J connectivity index is 1.35. The molecule has 20 nitrogen and oxygen atoms in total. The highest BCUT2D eigenvalue weighted by Crippen LogP contribution is 2.59. The number of imidazole rings is 1. The number of aliphatic hydroxyl groups is 1. The minimum atomic E-state index is -4.59. The number of amides is 3. The van der Waals surface area contributed by atoms with Crippen LogP contribution in [-0.2, 0) is 33.3 Å². The van der Waals surface area contributed by atoms with Gasteiger partial charge in [0.15, 0.2) is 17.4 Å². The Morgan fingerprint density at radius 2 is 1.41 bits per heavy atom. The summed E-state index contributed by atoms with van der Waals surface area (Å²) in [7, 11) is -1.49. The summed E-state index contributed by atoms with van der Waals surface area (Å²) in [6.07, 6.45) is -6.39. The van der Waals surface area contributed by atoms with E-state index in [1.165, 1.54) is 10.9 Å². The Hall–Kier alpha value is -7.08. The zero-order valence-electron chi connectivity index (χ0n) is 43.6. The number of fused-ring (bicyclic) bond motifs is 2. The van der Waals surface area contributed by atoms with Crippen molar-refractivity contribution in [1.29, 1.82) is 5.26 Å². The second-order valence-corrected chi connectivity index (χ2v) is 21.2. The number of ether oxygens (including phenoxy) is 4. The van der Waals surface area contributed by atoms with E-state index in [1.807, 2.05) is 88.4 Å². The van der Waals surface area contributed by atoms with Crippen LogP contribution in [0.1, 0.15) is 98.0 Å². The molecule has 76 heavy (non-hydrogen) atoms. The molecule has 0 radical (unpaired) electrons. The van der Waals surface area contributed by atoms with Gasteiger partial charge in [0.1, 0.15) is 35.9 Å². The van der Waals surface area contributed by atoms with Crippen molar-refractivity contribution >= 4 is 42.6 Å². The molecule has 400 valence electrons. The standard InChI is InChI=1S/C55H63N8O12P/c1-33(2)49(65)59-54-58-48-43(50(66)60-54)57-32-62(48)53-46(72-30-15-29-61-51(67)41-18-12-13-19-42(41)52(61)68)44(75-76(69,73-31-14-28-56)63(34(3)4)35(5)6)45(74-53)47(64)55(36-16-10-9-11-17-36,37-20-24-39(70-7)25-21-37)38-22-26-40(71-8)27-23-38/h9-13,16-27,32-35,44-47,53,64H,14-15,29-31H2,1-8H3,(H2,58,59,60,65,66)/t44-,45+,46-,47?,53-,76?/m1/s1. The summed E-state index contributed by atoms with van der Waals surface area (Å²) in [4.78, 5) is 66.6. The molecule has 3 N–H and O–H groups in total. The molecule has 2 aliphatic rings. The lowest BCUT2D eigenvalue weighted by molar-refractivity contribution is -0.118. The summed E-state index contributed by atoms with van der Waals surface area (Å²) in [6, 6.07) is 31.3. The van der Waals surface area contributed by atoms with Gasteiger partial charge in [-0.2, -0.15) is 10.2 Å². The number of aliphatic hydroxyl groups excluding tert-OH is 1. The molecule has 2 unspecified atom stereocenters. The average Bonchev–Trinajstić information content (AvgIpc) is 4.11. The molecule has 6 atom stereocenters. The average molecular weight is 1060 g/mol. The topological polar surface area (TPSA) is 250 Å². The molecule has 2 aliphatic heterocycles. The van der Waals surface area contributed by atoms with Crippen molar-refractivity contribution in [3.8, 4) is 17.6 Å². The number of carbonyl (C=O) groups excluding carboxylic acids is 3. The van der Waals surface area contributed by atoms with Gasteiger partial charge in [-0.1, -0.05) is 80.6 Å². The summed E-state index contributed by atoms with van der Waals surface area (Å²) in [6.45, 7) is 10.1. The number of benzene rings is 4. The van der Waals surface area contributed by atoms with Crippen molar-refractivity contribution in [2.24, 2.45) is 5.92 Å². The fourth-order valence-corrected chi connectivity index (χ4v) is 12.4. The van der Waals surface area contributed by atoms with E-state index in [0.717, 1.165) is 4.90 Å². The number of methoxy groups -OCH3 is 2. The van der Waals surface area contributed by atoms with Gasteiger partial charge in [-0.3, -0.25) is 48.0 Å². The maximum Gasteiger partial charge on any atom is 0.409 e. The number of H-pyrrole nitrogens is 1. The van der Waals surface area contributed by atoms with Crippen molar-refractivity contribution in [2.75, 3.05) is 39.3 Å². The van der Waals surface area contributed by atoms with E-state index in [2.05, 4.69) is 20.3 Å². The molecule has 8 rings (SSSR count). The SMILES string of the molecule is COc1ccc(C(c2ccccc2)(c2ccc(OC)cc2)C(O)[C@H]2O[C@@H](n3cnc4c(=O)[nH]c(NC(=O)C(C)C)nc43)[C@H](OCCCN3C(=O)c4ccccc4C3=O)[C@@H]2OP(=O)(OCCC#N)N(C(C)C)C(C)C)cc1. The second-order valence-electron chi connectivity index (χ2n) is 19.3. The van der Waals surface area contributed by atoms with Gasteiger partial charge >= 0.3 is 7.75 Å². The lowest BCUT2D eigenvalue weighted by Crippen LogP contribution is -2.53. The second kappa shape index (κ2) is 23.4. The molecule has 4 heterocycles. The lowest BCUT2D eigenvalue weighted by Gasteiger charge is -2.44. The number of hydrogen-bond donors (Lipinski definition) is 3. The van der Waals surface area contributed by atoms with Gasteiger partial charge in [-0.15, -0.1) is 0 Å². The highest BCUT2D eigenvalue weighted by atomic mass is 31.2. The summed E-state index contributed by atoms with van der Waals surface area (Å²) in [5.41, 5.74) is -0.130. The quantitative estimate of drug-likeness (QED) is 0.0241. The maximum atomic E-state index is 16.0. The number of aromatic nitrogens is 4. The van der Waals surface area contributed by atoms with Crippen molar-refractivity contribution in [3.63, 3.8) is 0 Å². The Labute approximate surface area is 440 Å². The zero-order valence-corrected chi connectivity index (χ0v) is 44.5. The van der Waals surface area contributed by atoms with E-state index in [0.29, 0.717) is 28.2 Å². The third kappa shape index (κ3) is 10.7. The molecule has 6 aromatic rings. The lowest BCUT2D eigenvalue weighted by atomic mass is 9.64. The first-order valence-electron chi connectivity index (χ1n) is 25.1. The van der Waals surface area contributed by atoms with E-state index in [-0.39, 0.29) is 60.8 Å². The number of aromatic amines is 1. The number of nitriles is 1. The number of imide groups is 1. The monoisotopic (exact) mass is 1060 g/mol. The molecule has 3 amide bonds. The number of nitrogens with zero attached hydrogens (tertiary/aromatic N) is 6. The molecule has 0 bridgehead atoms. The Kier molecular flexibility index (Phi) is 17.0. The maximum absolute atomic E-state index is 16.0. The van der Waals surface area contributed by atoms with Gasteiger partial charge < -0.3 is 24.1 Å². The van der Waals surface area contributed by atoms with E-state index in [1.54, 1.807) is 81.3 Å². The van der Waals surface area contributed by atoms with E-state index in [9.17, 15) is 29.5 Å². The minimum Gasteiger partial charge on any atom is -0.497 e. The summed E-state index contributed by atoms with van der Waals surface area (Å²) >= 11 is 0. The highest BCUT2D eigenvalue weighted by Gasteiger charge is 2.59. The van der Waals surface area contributed by atoms with Crippen molar-refractivity contribution < 1.29 is 52.1 Å². The Morgan fingerprint density at radius 3 is 1.95 bits per heavy atom. The van der Waals surface area contributed by atoms with Crippen LogP contribution >= 0.6 is 7.75 Å². The molecule has 1 fully saturated rings. The molecular formula is C55H63N8O12P. The number of anilines is 1. The van der Waals surface area contributed by atoms with Crippen LogP contribution in [0.4, 0.5) is 5.95 Å². The van der Waals surface area contributed by atoms with Crippen LogP contribution in [0.15, 0.2) is 114 Å². The van der Waals surface area contributed by atoms with Crippen LogP contribution in [-0.4, -0.2) is 122 Å². The predicted molar refractivity (Wildman–Crippen MR) is 281 cm³/mol. The van der Waals surface area contributed by atoms with Crippen molar-refractivity contribution in [3.05, 3.63) is 148 Å². The third-order valence-electron chi connectivity index (χ3n) is 13.6. The van der Waals surface area contributed by atoms with E-state index in [4.69, 9.17) is 28.0 Å². The van der Waals surface area contributed by atoms with Crippen LogP contribution in [0.3, 0.4) is 0 Å². The van der Waals surface area contributed by atoms with Crippen LogP contribution in [0.5, 0.6) is 11.5 Å². The number of hydrogen-bond acceptors (Lipinski definition) is 15. The predicted octanol–water partition coefficient (Wildman–Crippen LogP) is 7.64. The van der Waals surface area contributed by atoms with Crippen molar-refractivity contribution in [1.82, 2.24) is 29.1 Å². The van der Waals surface area contributed by atoms with Gasteiger partial charge in [-0.05, 0) is 87.2 Å². The fourth-order valence-electron chi connectivity index (χ4n) is 10.1. The Morgan fingerprint density at radius 1 is 0.842 bits per heavy atom. The minimum absolute atomic E-state index is 0.0533. The van der Waals surface area contributed by atoms with Crippen LogP contribution in [0.2, 0.25) is 0 Å². The first-order valence-corrected chi connectivity index (χ1v) is 26.6. The summed E-state index contributed by atoms with van der Waals surface area (Å²) in [5, 5.41) is 26.4. The number of carbonyl (C=O) groups is 3. The smallest absolute Gasteiger partial charge is 0.409 e. The third-order valence-corrected chi connectivity index (χ3v) is 16.1. The molecule has 1 saturated heterocycles. The van der Waals surface area contributed by atoms with Crippen LogP contribution in [0.25, 0.3) is 11.2 Å². The van der Waals surface area contributed by atoms with E-state index < -0.39 is 85.1 Å². The molecular weight excluding hydrogens is 996 g/mol. The molecule has 2 aromatic heterocycles. The van der Waals surface area contributed by atoms with Crippen LogP contribution < -0.4 is 20.3 Å². The van der Waals surface area contributed by atoms with Gasteiger partial charge in [0.25, 0.3) is 17.4 Å². The Bertz CT molecular complexity index is 3090. The summed E-state index contributed by atoms with van der Waals surface area (Å²) in [5.74, 6) is -0.921. The van der Waals surface area contributed by atoms with Gasteiger partial charge in [0.05, 0.1) is 56.2 Å². The highest BCUT2D eigenvalue weighted by molar-refractivity contribution is 7.51. The first-order chi connectivity index (χ1) is 36.5. The molecule has 4 aromatic carbocycles. The zero-order chi connectivity index (χ0) is 54.5. The van der Waals surface area contributed by atoms with Gasteiger partial charge in [-0.25, -0.2) is 14.2 Å². The first kappa shape index (κ1) is 55.2. The van der Waals surface area contributed by atoms with Crippen LogP contribution in [0, 0.1) is 17.2 Å². The number of rotatable bonds is 23. The van der Waals surface area contributed by atoms with Crippen molar-refractivity contribution in [2.45, 2.75) is 103 Å². The molecule has 0 spiro atoms. The van der Waals surface area contributed by atoms with E-state index >= 15 is 4.57 Å². The summed E-state index contributed by atoms with van der Waals surface area (Å²) < 4.78 is 57.6. The molecule has 21 heteroatoms. The number of nitrogens with one attached hydrogen (secondary N) is 2. The van der Waals surface area contributed by atoms with Gasteiger partial charge in [0, 0.05) is 31.2 Å². The van der Waals surface area contributed by atoms with Gasteiger partial charge in [0.2, 0.25) is 11.9 Å². The normalized spacial score (nSPS) is 18.9. The molecule has 0 aliphatic carbocycles.